The maximum atomic E-state index is 9.62. The van der Waals surface area contributed by atoms with Crippen molar-refractivity contribution in [2.24, 2.45) is 0 Å². The average Bonchev–Trinajstić information content (AvgIpc) is 2.89. The van der Waals surface area contributed by atoms with Crippen molar-refractivity contribution in [1.29, 1.82) is 0 Å². The van der Waals surface area contributed by atoms with Gasteiger partial charge in [-0.25, -0.2) is 0 Å². The zero-order valence-electron chi connectivity index (χ0n) is 12.4. The van der Waals surface area contributed by atoms with Gasteiger partial charge in [0.1, 0.15) is 11.5 Å². The van der Waals surface area contributed by atoms with E-state index in [0.29, 0.717) is 0 Å². The van der Waals surface area contributed by atoms with Crippen LogP contribution in [-0.4, -0.2) is 57.0 Å². The molecular formula is C15H24N2O3. The van der Waals surface area contributed by atoms with Crippen molar-refractivity contribution >= 4 is 0 Å². The Bertz CT molecular complexity index is 439. The van der Waals surface area contributed by atoms with Crippen LogP contribution in [0.2, 0.25) is 0 Å². The van der Waals surface area contributed by atoms with Gasteiger partial charge in [-0.1, -0.05) is 6.07 Å². The molecule has 0 aliphatic carbocycles. The molecule has 0 aromatic heterocycles. The number of ether oxygens (including phenoxy) is 2. The number of β-amino-alcohol motifs (C(OH)–C–C–N with tert-alkyl or cyclic N) is 1. The number of likely N-dealkylation sites (tertiary alicyclic amines) is 1. The lowest BCUT2D eigenvalue weighted by atomic mass is 10.0. The van der Waals surface area contributed by atoms with E-state index in [1.165, 1.54) is 0 Å². The summed E-state index contributed by atoms with van der Waals surface area (Å²) >= 11 is 0. The molecule has 1 aliphatic heterocycles. The lowest BCUT2D eigenvalue weighted by Gasteiger charge is -2.25. The van der Waals surface area contributed by atoms with Gasteiger partial charge in [-0.3, -0.25) is 4.90 Å². The van der Waals surface area contributed by atoms with E-state index in [9.17, 15) is 5.11 Å². The summed E-state index contributed by atoms with van der Waals surface area (Å²) in [6.07, 6.45) is 0.668. The number of likely N-dealkylation sites (N-methyl/N-ethyl adjacent to an activating group) is 1. The molecule has 2 atom stereocenters. The maximum Gasteiger partial charge on any atom is 0.127 e. The molecule has 5 nitrogen and oxygen atoms in total. The average molecular weight is 280 g/mol. The fraction of sp³-hybridized carbons (Fsp3) is 0.600. The molecular weight excluding hydrogens is 256 g/mol. The van der Waals surface area contributed by atoms with Crippen LogP contribution in [-0.2, 0) is 0 Å². The highest BCUT2D eigenvalue weighted by Gasteiger charge is 2.24. The number of hydrogen-bond donors (Lipinski definition) is 2. The third-order valence-corrected chi connectivity index (χ3v) is 3.85. The fourth-order valence-corrected chi connectivity index (χ4v) is 2.69. The molecule has 2 N–H and O–H groups in total. The molecule has 0 saturated carbocycles. The first kappa shape index (κ1) is 15.1. The first-order valence-electron chi connectivity index (χ1n) is 6.97. The summed E-state index contributed by atoms with van der Waals surface area (Å²) in [5.41, 5.74) is 1.11. The largest absolute Gasteiger partial charge is 0.497 e. The van der Waals surface area contributed by atoms with Gasteiger partial charge in [0.2, 0.25) is 0 Å². The summed E-state index contributed by atoms with van der Waals surface area (Å²) in [7, 11) is 5.26. The highest BCUT2D eigenvalue weighted by Crippen LogP contribution is 2.30. The Hall–Kier alpha value is -1.30. The quantitative estimate of drug-likeness (QED) is 0.815. The van der Waals surface area contributed by atoms with E-state index in [-0.39, 0.29) is 12.1 Å². The smallest absolute Gasteiger partial charge is 0.127 e. The molecule has 1 aliphatic rings. The van der Waals surface area contributed by atoms with Gasteiger partial charge in [0.15, 0.2) is 0 Å². The molecule has 112 valence electrons. The molecule has 0 unspecified atom stereocenters. The van der Waals surface area contributed by atoms with E-state index in [4.69, 9.17) is 9.47 Å². The molecule has 20 heavy (non-hydrogen) atoms. The Labute approximate surface area is 120 Å². The summed E-state index contributed by atoms with van der Waals surface area (Å²) in [6.45, 7) is 2.55. The van der Waals surface area contributed by atoms with Crippen LogP contribution in [0, 0.1) is 0 Å². The molecule has 1 aromatic carbocycles. The lowest BCUT2D eigenvalue weighted by Crippen LogP contribution is -2.33. The van der Waals surface area contributed by atoms with Crippen molar-refractivity contribution in [3.63, 3.8) is 0 Å². The molecule has 1 saturated heterocycles. The van der Waals surface area contributed by atoms with E-state index < -0.39 is 0 Å². The maximum absolute atomic E-state index is 9.62. The summed E-state index contributed by atoms with van der Waals surface area (Å²) in [6, 6.07) is 6.05. The van der Waals surface area contributed by atoms with Gasteiger partial charge in [-0.15, -0.1) is 0 Å². The van der Waals surface area contributed by atoms with Gasteiger partial charge >= 0.3 is 0 Å². The SMILES string of the molecule is CN[C@H](CN1CC[C@H](O)C1)c1ccc(OC)cc1OC. The van der Waals surface area contributed by atoms with Crippen LogP contribution in [0.5, 0.6) is 11.5 Å². The molecule has 0 spiro atoms. The molecule has 1 aromatic rings. The number of aliphatic hydroxyl groups excluding tert-OH is 1. The van der Waals surface area contributed by atoms with E-state index in [1.54, 1.807) is 14.2 Å². The third-order valence-electron chi connectivity index (χ3n) is 3.85. The second-order valence-electron chi connectivity index (χ2n) is 5.15. The lowest BCUT2D eigenvalue weighted by molar-refractivity contribution is 0.172. The predicted molar refractivity (Wildman–Crippen MR) is 78.4 cm³/mol. The molecule has 2 rings (SSSR count). The van der Waals surface area contributed by atoms with Crippen LogP contribution < -0.4 is 14.8 Å². The van der Waals surface area contributed by atoms with E-state index >= 15 is 0 Å². The second-order valence-corrected chi connectivity index (χ2v) is 5.15. The normalized spacial score (nSPS) is 20.9. The number of nitrogens with zero attached hydrogens (tertiary/aromatic N) is 1. The highest BCUT2D eigenvalue weighted by atomic mass is 16.5. The third kappa shape index (κ3) is 3.42. The van der Waals surface area contributed by atoms with Crippen molar-refractivity contribution < 1.29 is 14.6 Å². The second kappa shape index (κ2) is 6.92. The Balaban J connectivity index is 2.14. The summed E-state index contributed by atoms with van der Waals surface area (Å²) in [5.74, 6) is 1.61. The van der Waals surface area contributed by atoms with Gasteiger partial charge in [0, 0.05) is 37.3 Å². The van der Waals surface area contributed by atoms with Crippen molar-refractivity contribution in [2.75, 3.05) is 40.9 Å². The monoisotopic (exact) mass is 280 g/mol. The van der Waals surface area contributed by atoms with Crippen molar-refractivity contribution in [1.82, 2.24) is 10.2 Å². The summed E-state index contributed by atoms with van der Waals surface area (Å²) in [5, 5.41) is 12.9. The van der Waals surface area contributed by atoms with Gasteiger partial charge in [0.25, 0.3) is 0 Å². The van der Waals surface area contributed by atoms with Crippen LogP contribution in [0.1, 0.15) is 18.0 Å². The minimum absolute atomic E-state index is 0.168. The van der Waals surface area contributed by atoms with Crippen molar-refractivity contribution in [3.05, 3.63) is 23.8 Å². The Morgan fingerprint density at radius 3 is 2.75 bits per heavy atom. The van der Waals surface area contributed by atoms with E-state index in [1.807, 2.05) is 25.2 Å². The molecule has 0 bridgehead atoms. The van der Waals surface area contributed by atoms with E-state index in [2.05, 4.69) is 10.2 Å². The summed E-state index contributed by atoms with van der Waals surface area (Å²) < 4.78 is 10.7. The minimum atomic E-state index is -0.190. The molecule has 1 fully saturated rings. The van der Waals surface area contributed by atoms with Crippen LogP contribution in [0.3, 0.4) is 0 Å². The topological polar surface area (TPSA) is 54.0 Å². The first-order valence-corrected chi connectivity index (χ1v) is 6.97. The van der Waals surface area contributed by atoms with Crippen LogP contribution in [0.4, 0.5) is 0 Å². The Kier molecular flexibility index (Phi) is 5.23. The van der Waals surface area contributed by atoms with Gasteiger partial charge in [-0.2, -0.15) is 0 Å². The fourth-order valence-electron chi connectivity index (χ4n) is 2.69. The number of aliphatic hydroxyl groups is 1. The molecule has 1 heterocycles. The molecule has 0 amide bonds. The number of rotatable bonds is 6. The number of methoxy groups -OCH3 is 2. The van der Waals surface area contributed by atoms with Crippen LogP contribution in [0.25, 0.3) is 0 Å². The summed E-state index contributed by atoms with van der Waals surface area (Å²) in [4.78, 5) is 2.27. The highest BCUT2D eigenvalue weighted by molar-refractivity contribution is 5.42. The zero-order valence-corrected chi connectivity index (χ0v) is 12.4. The number of benzene rings is 1. The van der Waals surface area contributed by atoms with E-state index in [0.717, 1.165) is 43.1 Å². The first-order chi connectivity index (χ1) is 9.67. The Morgan fingerprint density at radius 1 is 1.40 bits per heavy atom. The van der Waals surface area contributed by atoms with Crippen LogP contribution in [0.15, 0.2) is 18.2 Å². The van der Waals surface area contributed by atoms with Crippen molar-refractivity contribution in [3.8, 4) is 11.5 Å². The molecule has 0 radical (unpaired) electrons. The Morgan fingerprint density at radius 2 is 2.20 bits per heavy atom. The standard InChI is InChI=1S/C15H24N2O3/c1-16-14(10-17-7-6-11(18)9-17)13-5-4-12(19-2)8-15(13)20-3/h4-5,8,11,14,16,18H,6-7,9-10H2,1-3H3/t11-,14+/m0/s1. The number of hydrogen-bond acceptors (Lipinski definition) is 5. The number of nitrogens with one attached hydrogen (secondary N) is 1. The van der Waals surface area contributed by atoms with Gasteiger partial charge < -0.3 is 19.9 Å². The zero-order chi connectivity index (χ0) is 14.5. The van der Waals surface area contributed by atoms with Gasteiger partial charge in [-0.05, 0) is 19.5 Å². The minimum Gasteiger partial charge on any atom is -0.497 e. The van der Waals surface area contributed by atoms with Gasteiger partial charge in [0.05, 0.1) is 20.3 Å². The molecule has 5 heteroatoms. The predicted octanol–water partition coefficient (Wildman–Crippen LogP) is 1.03. The van der Waals surface area contributed by atoms with Crippen molar-refractivity contribution in [2.45, 2.75) is 18.6 Å². The van der Waals surface area contributed by atoms with Crippen LogP contribution >= 0.6 is 0 Å².